The van der Waals surface area contributed by atoms with E-state index >= 15 is 0 Å². The van der Waals surface area contributed by atoms with E-state index in [1.54, 1.807) is 4.90 Å². The molecule has 1 atom stereocenters. The highest BCUT2D eigenvalue weighted by atomic mass is 16.5. The monoisotopic (exact) mass is 302 g/mol. The van der Waals surface area contributed by atoms with Gasteiger partial charge in [-0.3, -0.25) is 9.79 Å². The molecule has 1 saturated heterocycles. The van der Waals surface area contributed by atoms with Gasteiger partial charge in [-0.25, -0.2) is 0 Å². The van der Waals surface area contributed by atoms with Gasteiger partial charge in [-0.15, -0.1) is 0 Å². The normalized spacial score (nSPS) is 22.1. The third-order valence-corrected chi connectivity index (χ3v) is 4.09. The Bertz CT molecular complexity index is 587. The van der Waals surface area contributed by atoms with Crippen molar-refractivity contribution in [1.29, 1.82) is 0 Å². The average molecular weight is 302 g/mol. The zero-order valence-electron chi connectivity index (χ0n) is 12.9. The van der Waals surface area contributed by atoms with E-state index in [1.165, 1.54) is 0 Å². The summed E-state index contributed by atoms with van der Waals surface area (Å²) in [7, 11) is 0. The van der Waals surface area contributed by atoms with E-state index in [9.17, 15) is 4.79 Å². The molecule has 1 unspecified atom stereocenters. The van der Waals surface area contributed by atoms with Gasteiger partial charge < -0.3 is 20.3 Å². The molecule has 22 heavy (non-hydrogen) atoms. The lowest BCUT2D eigenvalue weighted by atomic mass is 10.2. The number of aliphatic imine (C=N–C) groups is 1. The van der Waals surface area contributed by atoms with Crippen molar-refractivity contribution in [1.82, 2.24) is 4.90 Å². The number of guanidine groups is 1. The van der Waals surface area contributed by atoms with E-state index in [0.717, 1.165) is 24.3 Å². The quantitative estimate of drug-likeness (QED) is 0.656. The molecule has 1 aromatic rings. The Morgan fingerprint density at radius 2 is 2.27 bits per heavy atom. The SMILES string of the molecule is CC1CN(C(N)=NCCN2C(=O)Cc3ccccc32)CCO1. The molecule has 0 saturated carbocycles. The summed E-state index contributed by atoms with van der Waals surface area (Å²) in [5.41, 5.74) is 8.13. The van der Waals surface area contributed by atoms with Crippen LogP contribution in [0.15, 0.2) is 29.3 Å². The Hall–Kier alpha value is -2.08. The highest BCUT2D eigenvalue weighted by molar-refractivity contribution is 6.01. The van der Waals surface area contributed by atoms with Gasteiger partial charge >= 0.3 is 0 Å². The molecule has 2 N–H and O–H groups in total. The van der Waals surface area contributed by atoms with Crippen LogP contribution in [0.3, 0.4) is 0 Å². The maximum Gasteiger partial charge on any atom is 0.231 e. The van der Waals surface area contributed by atoms with Crippen molar-refractivity contribution < 1.29 is 9.53 Å². The second-order valence-electron chi connectivity index (χ2n) is 5.72. The van der Waals surface area contributed by atoms with Crippen molar-refractivity contribution in [2.75, 3.05) is 37.7 Å². The zero-order valence-corrected chi connectivity index (χ0v) is 12.9. The maximum absolute atomic E-state index is 12.1. The third-order valence-electron chi connectivity index (χ3n) is 4.09. The van der Waals surface area contributed by atoms with E-state index in [1.807, 2.05) is 36.1 Å². The van der Waals surface area contributed by atoms with E-state index in [0.29, 0.717) is 32.1 Å². The van der Waals surface area contributed by atoms with Crippen molar-refractivity contribution in [3.8, 4) is 0 Å². The van der Waals surface area contributed by atoms with Gasteiger partial charge in [0, 0.05) is 25.3 Å². The number of nitrogens with zero attached hydrogens (tertiary/aromatic N) is 3. The molecule has 2 aliphatic rings. The molecule has 0 spiro atoms. The fraction of sp³-hybridized carbons (Fsp3) is 0.500. The number of ether oxygens (including phenoxy) is 1. The second-order valence-corrected chi connectivity index (χ2v) is 5.72. The molecular weight excluding hydrogens is 280 g/mol. The Morgan fingerprint density at radius 1 is 1.45 bits per heavy atom. The number of rotatable bonds is 3. The number of carbonyl (C=O) groups is 1. The van der Waals surface area contributed by atoms with Crippen LogP contribution in [0, 0.1) is 0 Å². The van der Waals surface area contributed by atoms with E-state index in [4.69, 9.17) is 10.5 Å². The van der Waals surface area contributed by atoms with E-state index in [2.05, 4.69) is 4.99 Å². The van der Waals surface area contributed by atoms with Crippen LogP contribution in [0.5, 0.6) is 0 Å². The van der Waals surface area contributed by atoms with Gasteiger partial charge in [0.05, 0.1) is 25.7 Å². The minimum absolute atomic E-state index is 0.134. The summed E-state index contributed by atoms with van der Waals surface area (Å²) in [5, 5.41) is 0. The predicted molar refractivity (Wildman–Crippen MR) is 86.0 cm³/mol. The summed E-state index contributed by atoms with van der Waals surface area (Å²) < 4.78 is 5.49. The number of nitrogens with two attached hydrogens (primary N) is 1. The number of carbonyl (C=O) groups excluding carboxylic acids is 1. The van der Waals surface area contributed by atoms with Crippen LogP contribution in [0.1, 0.15) is 12.5 Å². The summed E-state index contributed by atoms with van der Waals surface area (Å²) in [4.78, 5) is 20.3. The van der Waals surface area contributed by atoms with Crippen molar-refractivity contribution in [3.63, 3.8) is 0 Å². The summed E-state index contributed by atoms with van der Waals surface area (Å²) >= 11 is 0. The molecule has 3 rings (SSSR count). The maximum atomic E-state index is 12.1. The largest absolute Gasteiger partial charge is 0.375 e. The number of para-hydroxylation sites is 1. The minimum atomic E-state index is 0.134. The number of amides is 1. The molecule has 0 bridgehead atoms. The summed E-state index contributed by atoms with van der Waals surface area (Å²) in [5.74, 6) is 0.671. The molecule has 1 fully saturated rings. The summed E-state index contributed by atoms with van der Waals surface area (Å²) in [6.45, 7) is 5.31. The Morgan fingerprint density at radius 3 is 3.09 bits per heavy atom. The molecule has 1 amide bonds. The number of benzene rings is 1. The fourth-order valence-electron chi connectivity index (χ4n) is 2.95. The zero-order chi connectivity index (χ0) is 15.5. The molecule has 0 aromatic heterocycles. The topological polar surface area (TPSA) is 71.2 Å². The smallest absolute Gasteiger partial charge is 0.231 e. The predicted octanol–water partition coefficient (Wildman–Crippen LogP) is 0.611. The minimum Gasteiger partial charge on any atom is -0.375 e. The lowest BCUT2D eigenvalue weighted by Crippen LogP contribution is -2.48. The molecule has 118 valence electrons. The second kappa shape index (κ2) is 6.36. The fourth-order valence-corrected chi connectivity index (χ4v) is 2.95. The van der Waals surface area contributed by atoms with Gasteiger partial charge in [0.2, 0.25) is 5.91 Å². The molecule has 0 radical (unpaired) electrons. The van der Waals surface area contributed by atoms with Crippen LogP contribution in [-0.4, -0.2) is 55.7 Å². The van der Waals surface area contributed by atoms with E-state index in [-0.39, 0.29) is 12.0 Å². The molecule has 0 aliphatic carbocycles. The average Bonchev–Trinajstić information content (AvgIpc) is 2.83. The summed E-state index contributed by atoms with van der Waals surface area (Å²) in [6, 6.07) is 7.90. The molecule has 2 heterocycles. The highest BCUT2D eigenvalue weighted by Gasteiger charge is 2.26. The van der Waals surface area contributed by atoms with Gasteiger partial charge in [0.1, 0.15) is 0 Å². The first-order valence-corrected chi connectivity index (χ1v) is 7.70. The van der Waals surface area contributed by atoms with Gasteiger partial charge in [-0.1, -0.05) is 18.2 Å². The van der Waals surface area contributed by atoms with Gasteiger partial charge in [-0.05, 0) is 18.6 Å². The van der Waals surface area contributed by atoms with Crippen LogP contribution < -0.4 is 10.6 Å². The first-order valence-electron chi connectivity index (χ1n) is 7.70. The van der Waals surface area contributed by atoms with Crippen LogP contribution >= 0.6 is 0 Å². The number of anilines is 1. The van der Waals surface area contributed by atoms with Crippen LogP contribution in [0.25, 0.3) is 0 Å². The van der Waals surface area contributed by atoms with Crippen molar-refractivity contribution in [3.05, 3.63) is 29.8 Å². The lowest BCUT2D eigenvalue weighted by Gasteiger charge is -2.31. The Kier molecular flexibility index (Phi) is 4.29. The van der Waals surface area contributed by atoms with Gasteiger partial charge in [0.15, 0.2) is 5.96 Å². The molecule has 2 aliphatic heterocycles. The van der Waals surface area contributed by atoms with E-state index < -0.39 is 0 Å². The third kappa shape index (κ3) is 3.06. The van der Waals surface area contributed by atoms with Crippen LogP contribution in [0.4, 0.5) is 5.69 Å². The van der Waals surface area contributed by atoms with Crippen molar-refractivity contribution in [2.45, 2.75) is 19.4 Å². The highest BCUT2D eigenvalue weighted by Crippen LogP contribution is 2.27. The summed E-state index contributed by atoms with van der Waals surface area (Å²) in [6.07, 6.45) is 0.658. The number of hydrogen-bond acceptors (Lipinski definition) is 3. The number of fused-ring (bicyclic) bond motifs is 1. The Labute approximate surface area is 130 Å². The Balaban J connectivity index is 1.58. The standard InChI is InChI=1S/C16H22N4O2/c1-12-11-19(8-9-22-12)16(17)18-6-7-20-14-5-3-2-4-13(14)10-15(20)21/h2-5,12H,6-11H2,1H3,(H2,17,18). The lowest BCUT2D eigenvalue weighted by molar-refractivity contribution is -0.117. The molecule has 6 heteroatoms. The van der Waals surface area contributed by atoms with Gasteiger partial charge in [-0.2, -0.15) is 0 Å². The molecule has 1 aromatic carbocycles. The van der Waals surface area contributed by atoms with Crippen LogP contribution in [0.2, 0.25) is 0 Å². The first kappa shape index (κ1) is 14.8. The van der Waals surface area contributed by atoms with Crippen molar-refractivity contribution >= 4 is 17.6 Å². The van der Waals surface area contributed by atoms with Gasteiger partial charge in [0.25, 0.3) is 0 Å². The van der Waals surface area contributed by atoms with Crippen LogP contribution in [-0.2, 0) is 16.0 Å². The molecule has 6 nitrogen and oxygen atoms in total. The number of hydrogen-bond donors (Lipinski definition) is 1. The molecular formula is C16H22N4O2. The number of morpholine rings is 1. The van der Waals surface area contributed by atoms with Crippen molar-refractivity contribution in [2.24, 2.45) is 10.7 Å². The first-order chi connectivity index (χ1) is 10.6.